The summed E-state index contributed by atoms with van der Waals surface area (Å²) in [5, 5.41) is 1.71. The topological polar surface area (TPSA) is 71.5 Å². The lowest BCUT2D eigenvalue weighted by atomic mass is 10.1. The first-order chi connectivity index (χ1) is 15.1. The molecule has 0 amide bonds. The zero-order valence-electron chi connectivity index (χ0n) is 16.6. The second-order valence-electron chi connectivity index (χ2n) is 6.97. The van der Waals surface area contributed by atoms with Crippen LogP contribution in [0.25, 0.3) is 10.6 Å². The molecule has 32 heavy (non-hydrogen) atoms. The molecule has 3 aromatic rings. The molecule has 0 spiro atoms. The van der Waals surface area contributed by atoms with E-state index < -0.39 is 30.2 Å². The zero-order valence-corrected chi connectivity index (χ0v) is 21.5. The Morgan fingerprint density at radius 3 is 2.12 bits per heavy atom. The van der Waals surface area contributed by atoms with Crippen molar-refractivity contribution >= 4 is 69.3 Å². The molecule has 0 fully saturated rings. The SMILES string of the molecule is CS(=O)(=O)c1ccc(C2=C(c3ccc(F)cc3)N(CBr)C(S(=O)(=O)c3cccs3)S2)cc1. The van der Waals surface area contributed by atoms with Crippen LogP contribution in [-0.2, 0) is 19.7 Å². The highest BCUT2D eigenvalue weighted by atomic mass is 79.9. The lowest BCUT2D eigenvalue weighted by Crippen LogP contribution is -2.33. The van der Waals surface area contributed by atoms with Gasteiger partial charge >= 0.3 is 0 Å². The molecule has 0 saturated heterocycles. The standard InChI is InChI=1S/C21H17BrFNO4S4/c1-31(25,26)17-10-6-15(7-11-17)20-19(14-4-8-16(23)9-5-14)24(13-22)21(30-20)32(27,28)18-3-2-12-29-18/h2-12,21H,13H2,1H3. The Morgan fingerprint density at radius 2 is 1.59 bits per heavy atom. The van der Waals surface area contributed by atoms with Gasteiger partial charge in [-0.25, -0.2) is 21.2 Å². The van der Waals surface area contributed by atoms with E-state index in [1.165, 1.54) is 36.0 Å². The minimum atomic E-state index is -3.71. The van der Waals surface area contributed by atoms with Crippen LogP contribution in [0.2, 0.25) is 0 Å². The van der Waals surface area contributed by atoms with Crippen LogP contribution in [0.15, 0.2) is 75.1 Å². The fourth-order valence-corrected chi connectivity index (χ4v) is 9.67. The summed E-state index contributed by atoms with van der Waals surface area (Å²) in [5.74, 6) is -0.396. The first-order valence-electron chi connectivity index (χ1n) is 9.20. The van der Waals surface area contributed by atoms with E-state index in [1.807, 2.05) is 0 Å². The van der Waals surface area contributed by atoms with Crippen molar-refractivity contribution in [2.24, 2.45) is 0 Å². The van der Waals surface area contributed by atoms with Crippen molar-refractivity contribution in [2.45, 2.75) is 13.8 Å². The summed E-state index contributed by atoms with van der Waals surface area (Å²) in [5.41, 5.74) is 2.19. The van der Waals surface area contributed by atoms with E-state index in [1.54, 1.807) is 46.7 Å². The molecule has 1 aromatic heterocycles. The Kier molecular flexibility index (Phi) is 6.56. The maximum Gasteiger partial charge on any atom is 0.218 e. The van der Waals surface area contributed by atoms with Crippen LogP contribution in [-0.4, -0.2) is 38.2 Å². The van der Waals surface area contributed by atoms with E-state index in [4.69, 9.17) is 0 Å². The summed E-state index contributed by atoms with van der Waals surface area (Å²) in [6.07, 6.45) is 1.13. The smallest absolute Gasteiger partial charge is 0.218 e. The predicted molar refractivity (Wildman–Crippen MR) is 131 cm³/mol. The molecule has 2 aromatic carbocycles. The summed E-state index contributed by atoms with van der Waals surface area (Å²) < 4.78 is 63.4. The van der Waals surface area contributed by atoms with Crippen LogP contribution in [0.1, 0.15) is 11.1 Å². The van der Waals surface area contributed by atoms with Gasteiger partial charge in [0.2, 0.25) is 9.84 Å². The molecule has 5 nitrogen and oxygen atoms in total. The van der Waals surface area contributed by atoms with Crippen molar-refractivity contribution in [3.05, 3.63) is 83.0 Å². The third-order valence-electron chi connectivity index (χ3n) is 4.81. The number of rotatable bonds is 6. The van der Waals surface area contributed by atoms with Crippen LogP contribution in [0.5, 0.6) is 0 Å². The van der Waals surface area contributed by atoms with Gasteiger partial charge in [-0.1, -0.05) is 45.9 Å². The third-order valence-corrected chi connectivity index (χ3v) is 11.8. The summed E-state index contributed by atoms with van der Waals surface area (Å²) >= 11 is 5.75. The summed E-state index contributed by atoms with van der Waals surface area (Å²) in [6.45, 7) is 0. The molecule has 1 atom stereocenters. The van der Waals surface area contributed by atoms with E-state index in [-0.39, 0.29) is 14.6 Å². The van der Waals surface area contributed by atoms with Crippen molar-refractivity contribution < 1.29 is 21.2 Å². The Balaban J connectivity index is 1.87. The van der Waals surface area contributed by atoms with E-state index in [2.05, 4.69) is 15.9 Å². The minimum Gasteiger partial charge on any atom is -0.335 e. The lowest BCUT2D eigenvalue weighted by Gasteiger charge is -2.26. The number of thioether (sulfide) groups is 1. The van der Waals surface area contributed by atoms with Crippen molar-refractivity contribution in [2.75, 3.05) is 11.7 Å². The molecule has 1 unspecified atom stereocenters. The fourth-order valence-electron chi connectivity index (χ4n) is 3.29. The van der Waals surface area contributed by atoms with Crippen LogP contribution in [0, 0.1) is 5.82 Å². The molecular formula is C21H17BrFNO4S4. The Labute approximate surface area is 202 Å². The Hall–Kier alpha value is -1.66. The number of benzene rings is 2. The number of nitrogens with zero attached hydrogens (tertiary/aromatic N) is 1. The number of hydrogen-bond acceptors (Lipinski definition) is 7. The first kappa shape index (κ1) is 23.5. The highest BCUT2D eigenvalue weighted by molar-refractivity contribution is 9.09. The summed E-state index contributed by atoms with van der Waals surface area (Å²) in [4.78, 5) is 2.56. The number of alkyl halides is 1. The van der Waals surface area contributed by atoms with Crippen molar-refractivity contribution in [1.82, 2.24) is 4.90 Å². The lowest BCUT2D eigenvalue weighted by molar-refractivity contribution is 0.497. The third kappa shape index (κ3) is 4.41. The minimum absolute atomic E-state index is 0.174. The van der Waals surface area contributed by atoms with E-state index in [9.17, 15) is 21.2 Å². The fraction of sp³-hybridized carbons (Fsp3) is 0.143. The van der Waals surface area contributed by atoms with Gasteiger partial charge in [-0.05, 0) is 59.0 Å². The molecule has 2 heterocycles. The molecule has 0 N–H and O–H groups in total. The molecule has 4 rings (SSSR count). The average Bonchev–Trinajstić information content (AvgIpc) is 3.43. The van der Waals surface area contributed by atoms with Gasteiger partial charge < -0.3 is 4.90 Å². The van der Waals surface area contributed by atoms with Gasteiger partial charge in [-0.2, -0.15) is 0 Å². The van der Waals surface area contributed by atoms with Gasteiger partial charge in [0.25, 0.3) is 0 Å². The first-order valence-corrected chi connectivity index (χ1v) is 15.5. The van der Waals surface area contributed by atoms with Gasteiger partial charge in [-0.3, -0.25) is 0 Å². The van der Waals surface area contributed by atoms with Gasteiger partial charge in [0.15, 0.2) is 14.5 Å². The molecule has 0 aliphatic carbocycles. The van der Waals surface area contributed by atoms with Crippen LogP contribution in [0.3, 0.4) is 0 Å². The predicted octanol–water partition coefficient (Wildman–Crippen LogP) is 5.28. The molecule has 11 heteroatoms. The van der Waals surface area contributed by atoms with Crippen LogP contribution < -0.4 is 0 Å². The molecule has 0 radical (unpaired) electrons. The Morgan fingerprint density at radius 1 is 0.969 bits per heavy atom. The summed E-state index contributed by atoms with van der Waals surface area (Å²) in [7, 11) is -7.08. The van der Waals surface area contributed by atoms with Gasteiger partial charge in [0.1, 0.15) is 10.0 Å². The number of sulfone groups is 2. The number of thiophene rings is 1. The monoisotopic (exact) mass is 573 g/mol. The number of hydrogen-bond donors (Lipinski definition) is 0. The molecule has 1 aliphatic heterocycles. The summed E-state index contributed by atoms with van der Waals surface area (Å²) in [6, 6.07) is 15.4. The number of halogens is 2. The largest absolute Gasteiger partial charge is 0.335 e. The highest BCUT2D eigenvalue weighted by Gasteiger charge is 2.42. The van der Waals surface area contributed by atoms with E-state index in [0.717, 1.165) is 17.6 Å². The van der Waals surface area contributed by atoms with E-state index >= 15 is 0 Å². The maximum absolute atomic E-state index is 13.6. The van der Waals surface area contributed by atoms with Gasteiger partial charge in [0.05, 0.1) is 16.0 Å². The molecule has 0 saturated carbocycles. The maximum atomic E-state index is 13.6. The average molecular weight is 575 g/mol. The molecule has 0 bridgehead atoms. The van der Waals surface area contributed by atoms with Crippen molar-refractivity contribution in [3.8, 4) is 0 Å². The highest BCUT2D eigenvalue weighted by Crippen LogP contribution is 2.51. The molecule has 1 aliphatic rings. The normalized spacial score (nSPS) is 17.2. The second kappa shape index (κ2) is 8.94. The van der Waals surface area contributed by atoms with E-state index in [0.29, 0.717) is 21.7 Å². The molecule has 168 valence electrons. The van der Waals surface area contributed by atoms with Gasteiger partial charge in [-0.15, -0.1) is 11.3 Å². The van der Waals surface area contributed by atoms with Crippen LogP contribution in [0.4, 0.5) is 4.39 Å². The Bertz CT molecular complexity index is 1370. The van der Waals surface area contributed by atoms with Crippen molar-refractivity contribution in [3.63, 3.8) is 0 Å². The van der Waals surface area contributed by atoms with Crippen LogP contribution >= 0.6 is 39.0 Å². The van der Waals surface area contributed by atoms with Crippen molar-refractivity contribution in [1.29, 1.82) is 0 Å². The zero-order chi connectivity index (χ0) is 23.1. The second-order valence-corrected chi connectivity index (χ2v) is 14.1. The van der Waals surface area contributed by atoms with Gasteiger partial charge in [0, 0.05) is 11.2 Å². The quantitative estimate of drug-likeness (QED) is 0.295. The molecular weight excluding hydrogens is 557 g/mol.